The van der Waals surface area contributed by atoms with E-state index in [0.29, 0.717) is 24.7 Å². The van der Waals surface area contributed by atoms with Gasteiger partial charge in [0.15, 0.2) is 0 Å². The molecule has 0 aliphatic rings. The number of amides is 2. The molecule has 0 bridgehead atoms. The first kappa shape index (κ1) is 16.2. The molecule has 0 atom stereocenters. The van der Waals surface area contributed by atoms with E-state index in [1.165, 1.54) is 0 Å². The Morgan fingerprint density at radius 2 is 1.82 bits per heavy atom. The van der Waals surface area contributed by atoms with E-state index >= 15 is 0 Å². The van der Waals surface area contributed by atoms with Crippen LogP contribution in [0.5, 0.6) is 5.75 Å². The lowest BCUT2D eigenvalue weighted by atomic mass is 10.2. The fourth-order valence-corrected chi connectivity index (χ4v) is 1.97. The maximum Gasteiger partial charge on any atom is 0.317 e. The molecule has 0 unspecified atom stereocenters. The third-order valence-corrected chi connectivity index (χ3v) is 3.39. The van der Waals surface area contributed by atoms with Gasteiger partial charge in [0.25, 0.3) is 0 Å². The lowest BCUT2D eigenvalue weighted by Crippen LogP contribution is -2.39. The zero-order valence-corrected chi connectivity index (χ0v) is 13.2. The molecule has 0 saturated heterocycles. The van der Waals surface area contributed by atoms with Crippen molar-refractivity contribution in [1.29, 1.82) is 0 Å². The summed E-state index contributed by atoms with van der Waals surface area (Å²) in [5, 5.41) is 3.54. The van der Waals surface area contributed by atoms with Crippen LogP contribution in [0.3, 0.4) is 0 Å². The second-order valence-corrected chi connectivity index (χ2v) is 5.30. The molecule has 4 nitrogen and oxygen atoms in total. The van der Waals surface area contributed by atoms with Crippen LogP contribution in [0.4, 0.5) is 4.79 Å². The quantitative estimate of drug-likeness (QED) is 0.884. The first-order chi connectivity index (χ1) is 10.6. The highest BCUT2D eigenvalue weighted by atomic mass is 35.5. The number of nitrogens with one attached hydrogen (secondary N) is 1. The van der Waals surface area contributed by atoms with E-state index in [4.69, 9.17) is 16.3 Å². The summed E-state index contributed by atoms with van der Waals surface area (Å²) in [5.41, 5.74) is 1.07. The summed E-state index contributed by atoms with van der Waals surface area (Å²) in [5.74, 6) is 0.738. The van der Waals surface area contributed by atoms with E-state index in [0.717, 1.165) is 11.3 Å². The number of urea groups is 1. The zero-order valence-electron chi connectivity index (χ0n) is 12.5. The van der Waals surface area contributed by atoms with Crippen LogP contribution < -0.4 is 10.1 Å². The van der Waals surface area contributed by atoms with Gasteiger partial charge in [0.1, 0.15) is 12.4 Å². The van der Waals surface area contributed by atoms with E-state index in [9.17, 15) is 4.79 Å². The number of carbonyl (C=O) groups excluding carboxylic acids is 1. The van der Waals surface area contributed by atoms with E-state index in [2.05, 4.69) is 5.32 Å². The Balaban J connectivity index is 1.69. The minimum absolute atomic E-state index is 0.122. The van der Waals surface area contributed by atoms with Gasteiger partial charge < -0.3 is 15.0 Å². The molecule has 22 heavy (non-hydrogen) atoms. The number of halogens is 1. The Hall–Kier alpha value is -2.20. The molecule has 0 aliphatic carbocycles. The minimum Gasteiger partial charge on any atom is -0.492 e. The summed E-state index contributed by atoms with van der Waals surface area (Å²) in [4.78, 5) is 13.5. The van der Waals surface area contributed by atoms with E-state index in [1.807, 2.05) is 30.3 Å². The van der Waals surface area contributed by atoms with Crippen molar-refractivity contribution in [3.63, 3.8) is 0 Å². The maximum absolute atomic E-state index is 11.9. The van der Waals surface area contributed by atoms with Crippen LogP contribution in [0.25, 0.3) is 0 Å². The van der Waals surface area contributed by atoms with E-state index in [1.54, 1.807) is 36.2 Å². The molecule has 116 valence electrons. The number of carbonyl (C=O) groups is 1. The van der Waals surface area contributed by atoms with Gasteiger partial charge in [0, 0.05) is 18.6 Å². The number of nitrogens with zero attached hydrogens (tertiary/aromatic N) is 1. The van der Waals surface area contributed by atoms with Gasteiger partial charge in [-0.1, -0.05) is 41.9 Å². The normalized spacial score (nSPS) is 10.1. The van der Waals surface area contributed by atoms with Gasteiger partial charge in [-0.25, -0.2) is 4.79 Å². The second kappa shape index (κ2) is 8.29. The largest absolute Gasteiger partial charge is 0.492 e. The van der Waals surface area contributed by atoms with Crippen LogP contribution in [-0.2, 0) is 6.54 Å². The fraction of sp³-hybridized carbons (Fsp3) is 0.235. The number of benzene rings is 2. The average molecular weight is 319 g/mol. The highest BCUT2D eigenvalue weighted by molar-refractivity contribution is 6.30. The van der Waals surface area contributed by atoms with Crippen molar-refractivity contribution in [1.82, 2.24) is 10.2 Å². The Morgan fingerprint density at radius 1 is 1.14 bits per heavy atom. The Labute approximate surface area is 135 Å². The molecule has 2 amide bonds. The van der Waals surface area contributed by atoms with Crippen molar-refractivity contribution in [3.8, 4) is 5.75 Å². The molecular weight excluding hydrogens is 300 g/mol. The summed E-state index contributed by atoms with van der Waals surface area (Å²) in [6.45, 7) is 1.45. The maximum atomic E-state index is 11.9. The smallest absolute Gasteiger partial charge is 0.317 e. The Morgan fingerprint density at radius 3 is 2.50 bits per heavy atom. The van der Waals surface area contributed by atoms with Crippen LogP contribution in [0.2, 0.25) is 5.02 Å². The molecule has 1 N–H and O–H groups in total. The number of likely N-dealkylation sites (N-methyl/N-ethyl adjacent to an activating group) is 1. The van der Waals surface area contributed by atoms with Crippen LogP contribution in [0.15, 0.2) is 54.6 Å². The molecule has 5 heteroatoms. The zero-order chi connectivity index (χ0) is 15.8. The van der Waals surface area contributed by atoms with Crippen LogP contribution in [0, 0.1) is 0 Å². The number of hydrogen-bond donors (Lipinski definition) is 1. The predicted molar refractivity (Wildman–Crippen MR) is 88.3 cm³/mol. The molecule has 0 radical (unpaired) electrons. The molecule has 0 saturated carbocycles. The fourth-order valence-electron chi connectivity index (χ4n) is 1.84. The van der Waals surface area contributed by atoms with Gasteiger partial charge in [0.2, 0.25) is 0 Å². The minimum atomic E-state index is -0.122. The first-order valence-electron chi connectivity index (χ1n) is 7.06. The molecular formula is C17H19ClN2O2. The summed E-state index contributed by atoms with van der Waals surface area (Å²) in [6.07, 6.45) is 0. The lowest BCUT2D eigenvalue weighted by molar-refractivity contribution is 0.195. The second-order valence-electron chi connectivity index (χ2n) is 4.87. The molecule has 0 fully saturated rings. The van der Waals surface area contributed by atoms with E-state index < -0.39 is 0 Å². The molecule has 2 aromatic rings. The van der Waals surface area contributed by atoms with Gasteiger partial charge in [0.05, 0.1) is 6.54 Å². The third kappa shape index (κ3) is 5.30. The van der Waals surface area contributed by atoms with Gasteiger partial charge >= 0.3 is 6.03 Å². The molecule has 0 spiro atoms. The lowest BCUT2D eigenvalue weighted by Gasteiger charge is -2.18. The third-order valence-electron chi connectivity index (χ3n) is 3.14. The Bertz CT molecular complexity index is 587. The van der Waals surface area contributed by atoms with Crippen LogP contribution in [0.1, 0.15) is 5.56 Å². The summed E-state index contributed by atoms with van der Waals surface area (Å²) >= 11 is 5.81. The molecule has 0 aliphatic heterocycles. The highest BCUT2D eigenvalue weighted by Crippen LogP contribution is 2.15. The van der Waals surface area contributed by atoms with Crippen molar-refractivity contribution in [2.75, 3.05) is 20.2 Å². The topological polar surface area (TPSA) is 41.6 Å². The molecule has 0 heterocycles. The summed E-state index contributed by atoms with van der Waals surface area (Å²) in [6, 6.07) is 16.8. The standard InChI is InChI=1S/C17H19ClN2O2/c1-20(11-12-22-16-9-7-15(18)8-10-16)17(21)19-13-14-5-3-2-4-6-14/h2-10H,11-13H2,1H3,(H,19,21). The van der Waals surface area contributed by atoms with Crippen LogP contribution >= 0.6 is 11.6 Å². The van der Waals surface area contributed by atoms with Crippen molar-refractivity contribution < 1.29 is 9.53 Å². The average Bonchev–Trinajstić information content (AvgIpc) is 2.55. The molecule has 0 aromatic heterocycles. The van der Waals surface area contributed by atoms with Crippen LogP contribution in [-0.4, -0.2) is 31.1 Å². The number of hydrogen-bond acceptors (Lipinski definition) is 2. The van der Waals surface area contributed by atoms with Gasteiger partial charge in [-0.2, -0.15) is 0 Å². The monoisotopic (exact) mass is 318 g/mol. The SMILES string of the molecule is CN(CCOc1ccc(Cl)cc1)C(=O)NCc1ccccc1. The molecule has 2 aromatic carbocycles. The predicted octanol–water partition coefficient (Wildman–Crippen LogP) is 3.56. The highest BCUT2D eigenvalue weighted by Gasteiger charge is 2.07. The van der Waals surface area contributed by atoms with Crippen molar-refractivity contribution in [2.45, 2.75) is 6.54 Å². The first-order valence-corrected chi connectivity index (χ1v) is 7.44. The summed E-state index contributed by atoms with van der Waals surface area (Å²) < 4.78 is 5.56. The van der Waals surface area contributed by atoms with Gasteiger partial charge in [-0.3, -0.25) is 0 Å². The molecule has 2 rings (SSSR count). The summed E-state index contributed by atoms with van der Waals surface area (Å²) in [7, 11) is 1.74. The van der Waals surface area contributed by atoms with E-state index in [-0.39, 0.29) is 6.03 Å². The number of ether oxygens (including phenoxy) is 1. The van der Waals surface area contributed by atoms with Crippen molar-refractivity contribution >= 4 is 17.6 Å². The number of rotatable bonds is 6. The van der Waals surface area contributed by atoms with Crippen molar-refractivity contribution in [3.05, 3.63) is 65.2 Å². The van der Waals surface area contributed by atoms with Crippen molar-refractivity contribution in [2.24, 2.45) is 0 Å². The van der Waals surface area contributed by atoms with Gasteiger partial charge in [-0.05, 0) is 29.8 Å². The Kier molecular flexibility index (Phi) is 6.10. The van der Waals surface area contributed by atoms with Gasteiger partial charge in [-0.15, -0.1) is 0 Å².